The van der Waals surface area contributed by atoms with E-state index in [0.717, 1.165) is 13.5 Å². The average Bonchev–Trinajstić information content (AvgIpc) is 2.56. The summed E-state index contributed by atoms with van der Waals surface area (Å²) in [6.07, 6.45) is 9.93. The van der Waals surface area contributed by atoms with E-state index < -0.39 is 5.97 Å². The first-order valence-corrected chi connectivity index (χ1v) is 4.86. The zero-order valence-corrected chi connectivity index (χ0v) is 8.82. The molecule has 0 aliphatic carbocycles. The van der Waals surface area contributed by atoms with Crippen molar-refractivity contribution in [2.75, 3.05) is 0 Å². The van der Waals surface area contributed by atoms with Crippen LogP contribution >= 0.6 is 0 Å². The highest BCUT2D eigenvalue weighted by Gasteiger charge is 1.93. The number of nitrogens with zero attached hydrogens (tertiary/aromatic N) is 1. The van der Waals surface area contributed by atoms with Crippen molar-refractivity contribution in [1.29, 1.82) is 0 Å². The average molecular weight is 198 g/mol. The van der Waals surface area contributed by atoms with Gasteiger partial charge < -0.3 is 9.90 Å². The molecule has 14 heavy (non-hydrogen) atoms. The lowest BCUT2D eigenvalue weighted by Crippen LogP contribution is -2.30. The zero-order chi connectivity index (χ0) is 10.8. The number of nitrogens with one attached hydrogen (secondary N) is 1. The molecule has 0 amide bonds. The highest BCUT2D eigenvalue weighted by atomic mass is 16.4. The second-order valence-electron chi connectivity index (χ2n) is 3.05. The Hall–Kier alpha value is -1.32. The quantitative estimate of drug-likeness (QED) is 0.557. The van der Waals surface area contributed by atoms with Gasteiger partial charge in [0.05, 0.1) is 6.54 Å². The zero-order valence-electron chi connectivity index (χ0n) is 8.82. The van der Waals surface area contributed by atoms with Crippen LogP contribution in [0.5, 0.6) is 0 Å². The number of aliphatic carboxylic acids is 1. The van der Waals surface area contributed by atoms with E-state index in [9.17, 15) is 0 Å². The fourth-order valence-corrected chi connectivity index (χ4v) is 1.00. The number of carboxylic acid groups (broad SMARTS) is 1. The van der Waals surface area contributed by atoms with Crippen molar-refractivity contribution in [2.24, 2.45) is 0 Å². The number of carboxylic acids is 1. The maximum absolute atomic E-state index is 8.89. The molecule has 0 unspecified atom stereocenters. The Morgan fingerprint density at radius 2 is 2.14 bits per heavy atom. The maximum Gasteiger partial charge on any atom is 0.241 e. The molecule has 1 N–H and O–H groups in total. The molecule has 0 saturated heterocycles. The molecule has 4 nitrogen and oxygen atoms in total. The third kappa shape index (κ3) is 8.77. The van der Waals surface area contributed by atoms with Gasteiger partial charge in [-0.05, 0) is 19.8 Å². The summed E-state index contributed by atoms with van der Waals surface area (Å²) in [5.41, 5.74) is 0. The minimum atomic E-state index is -1.08. The van der Waals surface area contributed by atoms with Crippen LogP contribution in [0.4, 0.5) is 0 Å². The number of rotatable bonds is 4. The van der Waals surface area contributed by atoms with Crippen LogP contribution in [0.1, 0.15) is 33.1 Å². The number of carbonyl (C=O) groups is 1. The van der Waals surface area contributed by atoms with Crippen molar-refractivity contribution in [3.05, 3.63) is 18.7 Å². The van der Waals surface area contributed by atoms with Gasteiger partial charge in [-0.1, -0.05) is 13.3 Å². The van der Waals surface area contributed by atoms with Crippen molar-refractivity contribution in [1.82, 2.24) is 4.98 Å². The van der Waals surface area contributed by atoms with Crippen molar-refractivity contribution in [2.45, 2.75) is 39.7 Å². The molecule has 80 valence electrons. The molecule has 1 heterocycles. The highest BCUT2D eigenvalue weighted by Crippen LogP contribution is 1.92. The predicted molar refractivity (Wildman–Crippen MR) is 51.2 cm³/mol. The van der Waals surface area contributed by atoms with E-state index in [-0.39, 0.29) is 0 Å². The van der Waals surface area contributed by atoms with E-state index in [1.807, 2.05) is 12.5 Å². The molecule has 0 atom stereocenters. The van der Waals surface area contributed by atoms with Crippen LogP contribution in [0.3, 0.4) is 0 Å². The summed E-state index contributed by atoms with van der Waals surface area (Å²) in [5, 5.41) is 8.89. The summed E-state index contributed by atoms with van der Waals surface area (Å²) in [4.78, 5) is 11.9. The molecule has 1 aromatic heterocycles. The second kappa shape index (κ2) is 8.29. The standard InChI is InChI=1S/C8H14N2.C2H4O2/c1-2-3-4-6-10-7-5-9-8-10;1-2(3)4/h5,7-8H,2-4,6H2,1H3;1H3,(H,3,4). The van der Waals surface area contributed by atoms with E-state index >= 15 is 0 Å². The van der Waals surface area contributed by atoms with Crippen molar-refractivity contribution in [3.8, 4) is 0 Å². The number of imidazole rings is 1. The molecule has 1 aromatic rings. The van der Waals surface area contributed by atoms with Gasteiger partial charge in [-0.15, -0.1) is 0 Å². The number of carbonyl (C=O) groups excluding carboxylic acids is 1. The molecule has 1 rings (SSSR count). The summed E-state index contributed by atoms with van der Waals surface area (Å²) in [6.45, 7) is 4.35. The number of aromatic amines is 1. The van der Waals surface area contributed by atoms with E-state index in [0.29, 0.717) is 0 Å². The summed E-state index contributed by atoms with van der Waals surface area (Å²) in [6, 6.07) is 0. The monoisotopic (exact) mass is 198 g/mol. The topological polar surface area (TPSA) is 59.8 Å². The molecule has 0 fully saturated rings. The summed E-state index contributed by atoms with van der Waals surface area (Å²) >= 11 is 0. The van der Waals surface area contributed by atoms with Crippen LogP contribution in [-0.4, -0.2) is 11.0 Å². The van der Waals surface area contributed by atoms with Gasteiger partial charge in [-0.25, -0.2) is 4.57 Å². The van der Waals surface area contributed by atoms with Gasteiger partial charge in [0.2, 0.25) is 6.33 Å². The number of aromatic nitrogens is 2. The smallest absolute Gasteiger partial charge is 0.241 e. The number of aryl methyl sites for hydroxylation is 1. The molecule has 0 aliphatic heterocycles. The van der Waals surface area contributed by atoms with Gasteiger partial charge in [-0.2, -0.15) is 0 Å². The summed E-state index contributed by atoms with van der Waals surface area (Å²) in [7, 11) is 0. The largest absolute Gasteiger partial charge is 0.550 e. The molecule has 0 saturated carbocycles. The molecule has 4 heteroatoms. The number of H-pyrrole nitrogens is 1. The Labute approximate surface area is 84.6 Å². The number of unbranched alkanes of at least 4 members (excludes halogenated alkanes) is 2. The van der Waals surface area contributed by atoms with Gasteiger partial charge in [0.1, 0.15) is 12.4 Å². The first-order valence-electron chi connectivity index (χ1n) is 4.86. The first kappa shape index (κ1) is 12.7. The van der Waals surface area contributed by atoms with Crippen LogP contribution in [0.25, 0.3) is 0 Å². The van der Waals surface area contributed by atoms with Crippen LogP contribution in [0.15, 0.2) is 18.7 Å². The van der Waals surface area contributed by atoms with E-state index in [1.54, 1.807) is 0 Å². The Morgan fingerprint density at radius 3 is 2.57 bits per heavy atom. The van der Waals surface area contributed by atoms with Crippen LogP contribution < -0.4 is 9.67 Å². The Morgan fingerprint density at radius 1 is 1.50 bits per heavy atom. The van der Waals surface area contributed by atoms with Crippen LogP contribution in [0, 0.1) is 0 Å². The van der Waals surface area contributed by atoms with Crippen molar-refractivity contribution < 1.29 is 14.5 Å². The van der Waals surface area contributed by atoms with E-state index in [2.05, 4.69) is 22.7 Å². The van der Waals surface area contributed by atoms with Crippen molar-refractivity contribution in [3.63, 3.8) is 0 Å². The molecule has 0 radical (unpaired) electrons. The second-order valence-corrected chi connectivity index (χ2v) is 3.05. The lowest BCUT2D eigenvalue weighted by atomic mass is 10.2. The minimum Gasteiger partial charge on any atom is -0.550 e. The number of hydrogen-bond acceptors (Lipinski definition) is 2. The Balaban J connectivity index is 0.000000364. The van der Waals surface area contributed by atoms with E-state index in [4.69, 9.17) is 9.90 Å². The van der Waals surface area contributed by atoms with Gasteiger partial charge >= 0.3 is 0 Å². The molecule has 0 aromatic carbocycles. The first-order chi connectivity index (χ1) is 6.66. The van der Waals surface area contributed by atoms with Crippen molar-refractivity contribution >= 4 is 5.97 Å². The van der Waals surface area contributed by atoms with Gasteiger partial charge in [0.25, 0.3) is 0 Å². The minimum absolute atomic E-state index is 0.972. The van der Waals surface area contributed by atoms with Gasteiger partial charge in [0, 0.05) is 5.97 Å². The highest BCUT2D eigenvalue weighted by molar-refractivity contribution is 5.60. The molecule has 0 aliphatic rings. The lowest BCUT2D eigenvalue weighted by Gasteiger charge is -1.92. The van der Waals surface area contributed by atoms with Crippen LogP contribution in [-0.2, 0) is 11.3 Å². The molecule has 0 spiro atoms. The SMILES string of the molecule is CC(=O)[O-].CCCCC[n+]1cc[nH]c1. The normalized spacial score (nSPS) is 9.00. The van der Waals surface area contributed by atoms with Gasteiger partial charge in [0.15, 0.2) is 0 Å². The number of hydrogen-bond donors (Lipinski definition) is 1. The maximum atomic E-state index is 8.89. The third-order valence-corrected chi connectivity index (χ3v) is 1.62. The lowest BCUT2D eigenvalue weighted by molar-refractivity contribution is -0.696. The fourth-order valence-electron chi connectivity index (χ4n) is 1.00. The summed E-state index contributed by atoms with van der Waals surface area (Å²) in [5.74, 6) is -1.08. The predicted octanol–water partition coefficient (Wildman–Crippen LogP) is 0.249. The fraction of sp³-hybridized carbons (Fsp3) is 0.600. The van der Waals surface area contributed by atoms with E-state index in [1.165, 1.54) is 19.3 Å². The third-order valence-electron chi connectivity index (χ3n) is 1.62. The Bertz CT molecular complexity index is 228. The molecular weight excluding hydrogens is 180 g/mol. The Kier molecular flexibility index (Phi) is 7.50. The summed E-state index contributed by atoms with van der Waals surface area (Å²) < 4.78 is 2.18. The van der Waals surface area contributed by atoms with Gasteiger partial charge in [-0.3, -0.25) is 4.98 Å². The molecular formula is C10H18N2O2. The van der Waals surface area contributed by atoms with Crippen LogP contribution in [0.2, 0.25) is 0 Å². The molecule has 0 bridgehead atoms.